The van der Waals surface area contributed by atoms with Crippen molar-refractivity contribution in [2.75, 3.05) is 5.32 Å². The molecule has 3 atom stereocenters. The van der Waals surface area contributed by atoms with E-state index in [0.717, 1.165) is 22.7 Å². The first-order chi connectivity index (χ1) is 8.16. The molecule has 2 N–H and O–H groups in total. The average molecular weight is 229 g/mol. The Bertz CT molecular complexity index is 478. The molecule has 0 saturated heterocycles. The van der Waals surface area contributed by atoms with Gasteiger partial charge >= 0.3 is 0 Å². The lowest BCUT2D eigenvalue weighted by atomic mass is 9.71. The molecule has 2 nitrogen and oxygen atoms in total. The van der Waals surface area contributed by atoms with Gasteiger partial charge in [0.05, 0.1) is 0 Å². The molecule has 0 aliphatic heterocycles. The van der Waals surface area contributed by atoms with Crippen LogP contribution in [0.3, 0.4) is 0 Å². The van der Waals surface area contributed by atoms with Gasteiger partial charge in [0, 0.05) is 23.2 Å². The molecule has 1 aromatic rings. The van der Waals surface area contributed by atoms with Gasteiger partial charge in [-0.2, -0.15) is 0 Å². The minimum Gasteiger partial charge on any atom is -0.507 e. The van der Waals surface area contributed by atoms with Crippen molar-refractivity contribution in [1.82, 2.24) is 0 Å². The summed E-state index contributed by atoms with van der Waals surface area (Å²) in [5, 5.41) is 13.5. The topological polar surface area (TPSA) is 32.3 Å². The number of benzene rings is 1. The Balaban J connectivity index is 1.78. The van der Waals surface area contributed by atoms with Crippen LogP contribution >= 0.6 is 0 Å². The lowest BCUT2D eigenvalue weighted by Gasteiger charge is -2.41. The van der Waals surface area contributed by atoms with Crippen molar-refractivity contribution in [1.29, 1.82) is 0 Å². The molecule has 0 heterocycles. The minimum absolute atomic E-state index is 0.424. The van der Waals surface area contributed by atoms with E-state index in [1.54, 1.807) is 0 Å². The summed E-state index contributed by atoms with van der Waals surface area (Å²) < 4.78 is 0. The van der Waals surface area contributed by atoms with Gasteiger partial charge in [0.25, 0.3) is 0 Å². The highest BCUT2D eigenvalue weighted by Gasteiger charge is 2.41. The van der Waals surface area contributed by atoms with E-state index in [4.69, 9.17) is 0 Å². The first kappa shape index (κ1) is 10.7. The Labute approximate surface area is 102 Å². The van der Waals surface area contributed by atoms with Crippen LogP contribution < -0.4 is 5.32 Å². The Morgan fingerprint density at radius 1 is 1.29 bits per heavy atom. The van der Waals surface area contributed by atoms with Gasteiger partial charge in [0.1, 0.15) is 5.75 Å². The SMILES string of the molecule is Cc1ccc(NC2CC3CC=CC32)c(C)c1O. The molecule has 1 fully saturated rings. The maximum absolute atomic E-state index is 9.92. The van der Waals surface area contributed by atoms with Crippen molar-refractivity contribution >= 4 is 5.69 Å². The molecule has 3 unspecified atom stereocenters. The Morgan fingerprint density at radius 3 is 2.88 bits per heavy atom. The zero-order chi connectivity index (χ0) is 12.0. The number of allylic oxidation sites excluding steroid dienone is 1. The van der Waals surface area contributed by atoms with Crippen LogP contribution in [0.4, 0.5) is 5.69 Å². The van der Waals surface area contributed by atoms with E-state index in [2.05, 4.69) is 23.5 Å². The van der Waals surface area contributed by atoms with Gasteiger partial charge < -0.3 is 10.4 Å². The van der Waals surface area contributed by atoms with Crippen molar-refractivity contribution in [3.63, 3.8) is 0 Å². The third-order valence-corrected chi connectivity index (χ3v) is 4.34. The van der Waals surface area contributed by atoms with Gasteiger partial charge in [-0.25, -0.2) is 0 Å². The second-order valence-electron chi connectivity index (χ2n) is 5.39. The third kappa shape index (κ3) is 1.63. The molecule has 0 aromatic heterocycles. The molecule has 1 aromatic carbocycles. The van der Waals surface area contributed by atoms with Gasteiger partial charge in [0.2, 0.25) is 0 Å². The predicted octanol–water partition coefficient (Wildman–Crippen LogP) is 3.39. The highest BCUT2D eigenvalue weighted by atomic mass is 16.3. The minimum atomic E-state index is 0.424. The van der Waals surface area contributed by atoms with Crippen LogP contribution in [0.1, 0.15) is 24.0 Å². The molecular formula is C15H19NO. The molecule has 2 aliphatic carbocycles. The standard InChI is InChI=1S/C15H19NO/c1-9-6-7-13(10(2)15(9)17)16-14-8-11-4-3-5-12(11)14/h3,5-7,11-12,14,16-17H,4,8H2,1-2H3. The zero-order valence-electron chi connectivity index (χ0n) is 10.4. The highest BCUT2D eigenvalue weighted by molar-refractivity contribution is 5.60. The molecule has 2 heteroatoms. The molecule has 3 rings (SSSR count). The van der Waals surface area contributed by atoms with E-state index in [-0.39, 0.29) is 0 Å². The van der Waals surface area contributed by atoms with Crippen molar-refractivity contribution in [3.05, 3.63) is 35.4 Å². The average Bonchev–Trinajstić information content (AvgIpc) is 2.67. The van der Waals surface area contributed by atoms with E-state index in [9.17, 15) is 5.11 Å². The van der Waals surface area contributed by atoms with E-state index in [1.807, 2.05) is 19.9 Å². The van der Waals surface area contributed by atoms with Gasteiger partial charge in [-0.05, 0) is 44.2 Å². The number of aryl methyl sites for hydroxylation is 1. The van der Waals surface area contributed by atoms with Crippen LogP contribution in [0, 0.1) is 25.7 Å². The smallest absolute Gasteiger partial charge is 0.123 e. The number of phenols is 1. The predicted molar refractivity (Wildman–Crippen MR) is 70.3 cm³/mol. The fraction of sp³-hybridized carbons (Fsp3) is 0.467. The van der Waals surface area contributed by atoms with Crippen molar-refractivity contribution in [2.24, 2.45) is 11.8 Å². The lowest BCUT2D eigenvalue weighted by Crippen LogP contribution is -2.43. The Morgan fingerprint density at radius 2 is 2.12 bits per heavy atom. The summed E-state index contributed by atoms with van der Waals surface area (Å²) in [5.41, 5.74) is 2.99. The fourth-order valence-electron chi connectivity index (χ4n) is 3.08. The van der Waals surface area contributed by atoms with Gasteiger partial charge in [0.15, 0.2) is 0 Å². The molecule has 0 spiro atoms. The van der Waals surface area contributed by atoms with Crippen molar-refractivity contribution in [3.8, 4) is 5.75 Å². The normalized spacial score (nSPS) is 29.9. The molecule has 90 valence electrons. The molecule has 17 heavy (non-hydrogen) atoms. The van der Waals surface area contributed by atoms with Crippen LogP contribution in [-0.4, -0.2) is 11.1 Å². The number of phenolic OH excluding ortho intramolecular Hbond substituents is 1. The monoisotopic (exact) mass is 229 g/mol. The fourth-order valence-corrected chi connectivity index (χ4v) is 3.08. The molecule has 1 saturated carbocycles. The summed E-state index contributed by atoms with van der Waals surface area (Å²) in [6, 6.07) is 4.61. The van der Waals surface area contributed by atoms with Gasteiger partial charge in [-0.15, -0.1) is 0 Å². The van der Waals surface area contributed by atoms with Crippen LogP contribution in [-0.2, 0) is 0 Å². The number of nitrogens with one attached hydrogen (secondary N) is 1. The van der Waals surface area contributed by atoms with Crippen LogP contribution in [0.5, 0.6) is 5.75 Å². The molecule has 0 bridgehead atoms. The van der Waals surface area contributed by atoms with Crippen molar-refractivity contribution < 1.29 is 5.11 Å². The van der Waals surface area contributed by atoms with E-state index >= 15 is 0 Å². The maximum Gasteiger partial charge on any atom is 0.123 e. The second kappa shape index (κ2) is 3.80. The summed E-state index contributed by atoms with van der Waals surface area (Å²) in [5.74, 6) is 2.00. The number of hydrogen-bond acceptors (Lipinski definition) is 2. The summed E-state index contributed by atoms with van der Waals surface area (Å²) >= 11 is 0. The number of anilines is 1. The molecule has 0 amide bonds. The molecular weight excluding hydrogens is 210 g/mol. The van der Waals surface area contributed by atoms with Crippen molar-refractivity contribution in [2.45, 2.75) is 32.7 Å². The molecule has 2 aliphatic rings. The van der Waals surface area contributed by atoms with Gasteiger partial charge in [-0.3, -0.25) is 0 Å². The number of rotatable bonds is 2. The molecule has 0 radical (unpaired) electrons. The van der Waals surface area contributed by atoms with E-state index in [0.29, 0.717) is 17.7 Å². The number of hydrogen-bond donors (Lipinski definition) is 2. The number of fused-ring (bicyclic) bond motifs is 1. The van der Waals surface area contributed by atoms with E-state index in [1.165, 1.54) is 12.8 Å². The van der Waals surface area contributed by atoms with Crippen LogP contribution in [0.2, 0.25) is 0 Å². The summed E-state index contributed by atoms with van der Waals surface area (Å²) in [6.07, 6.45) is 7.15. The first-order valence-electron chi connectivity index (χ1n) is 6.39. The summed E-state index contributed by atoms with van der Waals surface area (Å²) in [4.78, 5) is 0. The third-order valence-electron chi connectivity index (χ3n) is 4.34. The quantitative estimate of drug-likeness (QED) is 0.762. The highest BCUT2D eigenvalue weighted by Crippen LogP contribution is 2.44. The summed E-state index contributed by atoms with van der Waals surface area (Å²) in [6.45, 7) is 3.91. The summed E-state index contributed by atoms with van der Waals surface area (Å²) in [7, 11) is 0. The Kier molecular flexibility index (Phi) is 2.39. The zero-order valence-corrected chi connectivity index (χ0v) is 10.4. The van der Waals surface area contributed by atoms with Crippen LogP contribution in [0.25, 0.3) is 0 Å². The number of aromatic hydroxyl groups is 1. The van der Waals surface area contributed by atoms with Gasteiger partial charge in [-0.1, -0.05) is 18.2 Å². The second-order valence-corrected chi connectivity index (χ2v) is 5.39. The van der Waals surface area contributed by atoms with E-state index < -0.39 is 0 Å². The first-order valence-corrected chi connectivity index (χ1v) is 6.39. The Hall–Kier alpha value is -1.44. The lowest BCUT2D eigenvalue weighted by molar-refractivity contribution is 0.218. The maximum atomic E-state index is 9.92. The largest absolute Gasteiger partial charge is 0.507 e. The van der Waals surface area contributed by atoms with Crippen LogP contribution in [0.15, 0.2) is 24.3 Å².